The molecule has 3 heterocycles. The van der Waals surface area contributed by atoms with Crippen LogP contribution in [0.25, 0.3) is 10.9 Å². The highest BCUT2D eigenvalue weighted by atomic mass is 19.4. The highest BCUT2D eigenvalue weighted by Gasteiger charge is 2.36. The van der Waals surface area contributed by atoms with Crippen LogP contribution in [0, 0.1) is 5.92 Å². The lowest BCUT2D eigenvalue weighted by molar-refractivity contribution is -0.137. The van der Waals surface area contributed by atoms with Crippen molar-refractivity contribution in [3.63, 3.8) is 0 Å². The molecule has 0 bridgehead atoms. The zero-order valence-corrected chi connectivity index (χ0v) is 27.7. The first-order valence-corrected chi connectivity index (χ1v) is 16.4. The molecule has 4 N–H and O–H groups in total. The second-order valence-electron chi connectivity index (χ2n) is 12.3. The maximum absolute atomic E-state index is 14.3. The first-order chi connectivity index (χ1) is 24.1. The van der Waals surface area contributed by atoms with Crippen LogP contribution in [0.4, 0.5) is 35.0 Å². The number of rotatable bonds is 9. The van der Waals surface area contributed by atoms with Crippen LogP contribution in [-0.4, -0.2) is 63.4 Å². The van der Waals surface area contributed by atoms with E-state index >= 15 is 0 Å². The number of anilines is 3. The van der Waals surface area contributed by atoms with Gasteiger partial charge in [-0.25, -0.2) is 4.79 Å². The Kier molecular flexibility index (Phi) is 10.5. The van der Waals surface area contributed by atoms with Crippen molar-refractivity contribution >= 4 is 39.9 Å². The van der Waals surface area contributed by atoms with E-state index in [0.717, 1.165) is 32.0 Å². The van der Waals surface area contributed by atoms with Crippen LogP contribution in [0.3, 0.4) is 0 Å². The van der Waals surface area contributed by atoms with Crippen LogP contribution >= 0.6 is 0 Å². The standard InChI is InChI=1S/C36H39F3N6O5/c1-48-32-20-27-29(21-33(32)49-2)41-15-10-31(27)50-26-5-3-4-24(18-26)43-35(47)44-25-6-7-30(28(19-25)36(37,38)39)45-16-11-23(12-17-45)42-34(46)22-8-13-40-14-9-22/h3-7,10,15,18-23,40H,8-9,11-14,16-17H2,1-2H3,(H,42,46)(H2,43,44,47). The summed E-state index contributed by atoms with van der Waals surface area (Å²) in [5.74, 6) is 1.92. The Balaban J connectivity index is 1.09. The van der Waals surface area contributed by atoms with Crippen LogP contribution in [0.5, 0.6) is 23.0 Å². The molecule has 1 aromatic heterocycles. The van der Waals surface area contributed by atoms with Crippen LogP contribution in [0.2, 0.25) is 0 Å². The summed E-state index contributed by atoms with van der Waals surface area (Å²) in [6.07, 6.45) is -0.399. The first-order valence-electron chi connectivity index (χ1n) is 16.4. The molecule has 3 amide bonds. The van der Waals surface area contributed by atoms with Crippen LogP contribution in [0.15, 0.2) is 66.9 Å². The maximum Gasteiger partial charge on any atom is 0.418 e. The number of carbonyl (C=O) groups is 2. The summed E-state index contributed by atoms with van der Waals surface area (Å²) < 4.78 is 59.7. The third kappa shape index (κ3) is 8.13. The second kappa shape index (κ2) is 15.1. The SMILES string of the molecule is COc1cc2nccc(Oc3cccc(NC(=O)Nc4ccc(N5CCC(NC(=O)C6CCNCC6)CC5)c(C(F)(F)F)c4)c3)c2cc1OC. The molecule has 2 saturated heterocycles. The fraction of sp³-hybridized carbons (Fsp3) is 0.361. The molecule has 6 rings (SSSR count). The van der Waals surface area contributed by atoms with Gasteiger partial charge in [-0.3, -0.25) is 9.78 Å². The molecule has 0 spiro atoms. The van der Waals surface area contributed by atoms with E-state index in [0.29, 0.717) is 65.5 Å². The molecule has 3 aromatic carbocycles. The van der Waals surface area contributed by atoms with E-state index in [2.05, 4.69) is 26.3 Å². The van der Waals surface area contributed by atoms with Crippen LogP contribution in [-0.2, 0) is 11.0 Å². The number of aromatic nitrogens is 1. The van der Waals surface area contributed by atoms with E-state index in [4.69, 9.17) is 14.2 Å². The molecule has 0 atom stereocenters. The van der Waals surface area contributed by atoms with Gasteiger partial charge in [0.25, 0.3) is 0 Å². The van der Waals surface area contributed by atoms with Gasteiger partial charge in [0.15, 0.2) is 11.5 Å². The summed E-state index contributed by atoms with van der Waals surface area (Å²) in [7, 11) is 3.07. The van der Waals surface area contributed by atoms with Crippen molar-refractivity contribution in [2.75, 3.05) is 55.9 Å². The first kappa shape index (κ1) is 34.6. The highest BCUT2D eigenvalue weighted by Crippen LogP contribution is 2.40. The zero-order valence-electron chi connectivity index (χ0n) is 27.7. The number of benzene rings is 3. The van der Waals surface area contributed by atoms with E-state index in [9.17, 15) is 22.8 Å². The second-order valence-corrected chi connectivity index (χ2v) is 12.3. The molecular formula is C36H39F3N6O5. The average Bonchev–Trinajstić information content (AvgIpc) is 3.11. The van der Waals surface area contributed by atoms with E-state index in [1.54, 1.807) is 53.6 Å². The molecule has 2 aliphatic rings. The molecule has 11 nitrogen and oxygen atoms in total. The number of nitrogens with one attached hydrogen (secondary N) is 4. The van der Waals surface area contributed by atoms with Crippen molar-refractivity contribution in [1.29, 1.82) is 0 Å². The van der Waals surface area contributed by atoms with Crippen molar-refractivity contribution in [1.82, 2.24) is 15.6 Å². The maximum atomic E-state index is 14.3. The molecular weight excluding hydrogens is 653 g/mol. The lowest BCUT2D eigenvalue weighted by Gasteiger charge is -2.36. The van der Waals surface area contributed by atoms with Crippen LogP contribution in [0.1, 0.15) is 31.2 Å². The number of methoxy groups -OCH3 is 2. The summed E-state index contributed by atoms with van der Waals surface area (Å²) >= 11 is 0. The average molecular weight is 693 g/mol. The smallest absolute Gasteiger partial charge is 0.418 e. The minimum absolute atomic E-state index is 0.0114. The van der Waals surface area contributed by atoms with E-state index < -0.39 is 17.8 Å². The minimum Gasteiger partial charge on any atom is -0.493 e. The highest BCUT2D eigenvalue weighted by molar-refractivity contribution is 6.00. The number of urea groups is 1. The van der Waals surface area contributed by atoms with Gasteiger partial charge in [-0.15, -0.1) is 0 Å². The lowest BCUT2D eigenvalue weighted by Crippen LogP contribution is -2.48. The number of nitrogens with zero attached hydrogens (tertiary/aromatic N) is 2. The van der Waals surface area contributed by atoms with E-state index in [1.807, 2.05) is 0 Å². The Morgan fingerprint density at radius 2 is 1.56 bits per heavy atom. The molecule has 4 aromatic rings. The summed E-state index contributed by atoms with van der Waals surface area (Å²) in [5, 5.41) is 12.2. The summed E-state index contributed by atoms with van der Waals surface area (Å²) in [6, 6.07) is 14.8. The molecule has 0 radical (unpaired) electrons. The molecule has 0 saturated carbocycles. The predicted molar refractivity (Wildman–Crippen MR) is 184 cm³/mol. The number of amides is 3. The van der Waals surface area contributed by atoms with Gasteiger partial charge in [0.2, 0.25) is 5.91 Å². The van der Waals surface area contributed by atoms with Crippen molar-refractivity contribution in [2.24, 2.45) is 5.92 Å². The summed E-state index contributed by atoms with van der Waals surface area (Å²) in [5.41, 5.74) is 0.167. The fourth-order valence-corrected chi connectivity index (χ4v) is 6.38. The quantitative estimate of drug-likeness (QED) is 0.151. The number of hydrogen-bond donors (Lipinski definition) is 4. The molecule has 14 heteroatoms. The molecule has 2 aliphatic heterocycles. The van der Waals surface area contributed by atoms with Gasteiger partial charge < -0.3 is 40.4 Å². The third-order valence-corrected chi connectivity index (χ3v) is 8.98. The van der Waals surface area contributed by atoms with Crippen molar-refractivity contribution in [3.8, 4) is 23.0 Å². The molecule has 0 unspecified atom stereocenters. The van der Waals surface area contributed by atoms with Gasteiger partial charge in [-0.1, -0.05) is 6.07 Å². The van der Waals surface area contributed by atoms with Crippen molar-refractivity contribution in [3.05, 3.63) is 72.4 Å². The Bertz CT molecular complexity index is 1840. The van der Waals surface area contributed by atoms with Crippen LogP contribution < -0.4 is 40.4 Å². The Labute approximate surface area is 287 Å². The lowest BCUT2D eigenvalue weighted by atomic mass is 9.95. The number of carbonyl (C=O) groups excluding carboxylic acids is 2. The monoisotopic (exact) mass is 692 g/mol. The Morgan fingerprint density at radius 3 is 2.26 bits per heavy atom. The predicted octanol–water partition coefficient (Wildman–Crippen LogP) is 6.79. The largest absolute Gasteiger partial charge is 0.493 e. The normalized spacial score (nSPS) is 15.7. The summed E-state index contributed by atoms with van der Waals surface area (Å²) in [6.45, 7) is 2.35. The number of piperidine rings is 2. The van der Waals surface area contributed by atoms with Gasteiger partial charge in [0.1, 0.15) is 11.5 Å². The van der Waals surface area contributed by atoms with E-state index in [-0.39, 0.29) is 29.2 Å². The van der Waals surface area contributed by atoms with Gasteiger partial charge in [-0.2, -0.15) is 13.2 Å². The molecule has 50 heavy (non-hydrogen) atoms. The minimum atomic E-state index is -4.65. The topological polar surface area (TPSA) is 126 Å². The van der Waals surface area contributed by atoms with Gasteiger partial charge in [0.05, 0.1) is 25.3 Å². The van der Waals surface area contributed by atoms with Gasteiger partial charge in [-0.05, 0) is 81.2 Å². The number of fused-ring (bicyclic) bond motifs is 1. The van der Waals surface area contributed by atoms with Crippen molar-refractivity contribution < 1.29 is 37.0 Å². The number of halogens is 3. The zero-order chi connectivity index (χ0) is 35.3. The van der Waals surface area contributed by atoms with E-state index in [1.165, 1.54) is 26.4 Å². The number of ether oxygens (including phenoxy) is 3. The molecule has 0 aliphatic carbocycles. The molecule has 264 valence electrons. The Hall–Kier alpha value is -5.24. The summed E-state index contributed by atoms with van der Waals surface area (Å²) in [4.78, 5) is 31.6. The third-order valence-electron chi connectivity index (χ3n) is 8.98. The molecule has 2 fully saturated rings. The fourth-order valence-electron chi connectivity index (χ4n) is 6.38. The van der Waals surface area contributed by atoms with Gasteiger partial charge >= 0.3 is 12.2 Å². The van der Waals surface area contributed by atoms with Gasteiger partial charge in [0, 0.05) is 65.8 Å². The number of alkyl halides is 3. The van der Waals surface area contributed by atoms with Crippen molar-refractivity contribution in [2.45, 2.75) is 37.9 Å². The number of hydrogen-bond acceptors (Lipinski definition) is 8. The number of pyridine rings is 1. The Morgan fingerprint density at radius 1 is 0.860 bits per heavy atom.